The van der Waals surface area contributed by atoms with Gasteiger partial charge in [-0.25, -0.2) is 9.97 Å². The van der Waals surface area contributed by atoms with Crippen LogP contribution in [0.2, 0.25) is 5.28 Å². The fourth-order valence-electron chi connectivity index (χ4n) is 1.80. The molecule has 0 saturated carbocycles. The van der Waals surface area contributed by atoms with E-state index in [2.05, 4.69) is 16.5 Å². The molecule has 0 bridgehead atoms. The number of hydrogen-bond donors (Lipinski definition) is 0. The Labute approximate surface area is 123 Å². The number of benzene rings is 1. The number of methoxy groups -OCH3 is 1. The van der Waals surface area contributed by atoms with Crippen LogP contribution in [0.3, 0.4) is 0 Å². The highest BCUT2D eigenvalue weighted by Crippen LogP contribution is 2.26. The number of ether oxygens (including phenoxy) is 2. The third kappa shape index (κ3) is 3.56. The van der Waals surface area contributed by atoms with Gasteiger partial charge in [-0.3, -0.25) is 0 Å². The Hall–Kier alpha value is -1.91. The van der Waals surface area contributed by atoms with Crippen molar-refractivity contribution < 1.29 is 9.47 Å². The van der Waals surface area contributed by atoms with Crippen molar-refractivity contribution in [1.29, 1.82) is 0 Å². The van der Waals surface area contributed by atoms with Crippen molar-refractivity contribution >= 4 is 11.6 Å². The maximum atomic E-state index is 5.81. The van der Waals surface area contributed by atoms with Crippen LogP contribution in [0.5, 0.6) is 5.75 Å². The van der Waals surface area contributed by atoms with Crippen LogP contribution in [0.4, 0.5) is 0 Å². The van der Waals surface area contributed by atoms with Crippen LogP contribution in [0, 0.1) is 0 Å². The van der Waals surface area contributed by atoms with Gasteiger partial charge in [-0.2, -0.15) is 0 Å². The van der Waals surface area contributed by atoms with Crippen molar-refractivity contribution in [3.05, 3.63) is 54.0 Å². The molecule has 0 aliphatic heterocycles. The highest BCUT2D eigenvalue weighted by molar-refractivity contribution is 6.28. The fraction of sp³-hybridized carbons (Fsp3) is 0.200. The molecule has 5 heteroatoms. The van der Waals surface area contributed by atoms with Gasteiger partial charge >= 0.3 is 0 Å². The van der Waals surface area contributed by atoms with Crippen molar-refractivity contribution in [1.82, 2.24) is 9.97 Å². The number of rotatable bonds is 6. The van der Waals surface area contributed by atoms with Gasteiger partial charge in [0.2, 0.25) is 5.28 Å². The molecular formula is C15H15ClN2O2. The highest BCUT2D eigenvalue weighted by atomic mass is 35.5. The molecule has 104 valence electrons. The quantitative estimate of drug-likeness (QED) is 0.464. The second-order valence-corrected chi connectivity index (χ2v) is 4.38. The van der Waals surface area contributed by atoms with Crippen molar-refractivity contribution in [3.8, 4) is 17.0 Å². The predicted molar refractivity (Wildman–Crippen MR) is 78.9 cm³/mol. The molecule has 2 aromatic rings. The SMILES string of the molecule is C=CCOCc1cc(-c2ccnc(Cl)n2)ccc1OC. The van der Waals surface area contributed by atoms with Gasteiger partial charge in [-0.1, -0.05) is 6.08 Å². The zero-order valence-corrected chi connectivity index (χ0v) is 11.9. The normalized spacial score (nSPS) is 10.3. The minimum absolute atomic E-state index is 0.225. The average molecular weight is 291 g/mol. The number of halogens is 1. The highest BCUT2D eigenvalue weighted by Gasteiger charge is 2.07. The molecule has 0 unspecified atom stereocenters. The van der Waals surface area contributed by atoms with Gasteiger partial charge in [0.25, 0.3) is 0 Å². The predicted octanol–water partition coefficient (Wildman–Crippen LogP) is 3.51. The monoisotopic (exact) mass is 290 g/mol. The van der Waals surface area contributed by atoms with Gasteiger partial charge < -0.3 is 9.47 Å². The Morgan fingerprint density at radius 1 is 1.35 bits per heavy atom. The molecule has 0 spiro atoms. The van der Waals surface area contributed by atoms with Gasteiger partial charge in [0.05, 0.1) is 26.0 Å². The molecule has 4 nitrogen and oxygen atoms in total. The molecular weight excluding hydrogens is 276 g/mol. The summed E-state index contributed by atoms with van der Waals surface area (Å²) in [6.07, 6.45) is 3.34. The van der Waals surface area contributed by atoms with Crippen molar-refractivity contribution in [2.45, 2.75) is 6.61 Å². The first kappa shape index (κ1) is 14.5. The van der Waals surface area contributed by atoms with Crippen LogP contribution >= 0.6 is 11.6 Å². The summed E-state index contributed by atoms with van der Waals surface area (Å²) in [6.45, 7) is 4.56. The summed E-state index contributed by atoms with van der Waals surface area (Å²) in [5, 5.41) is 0.225. The van der Waals surface area contributed by atoms with Crippen LogP contribution in [-0.4, -0.2) is 23.7 Å². The lowest BCUT2D eigenvalue weighted by atomic mass is 10.1. The topological polar surface area (TPSA) is 44.2 Å². The Bertz CT molecular complexity index is 602. The number of aromatic nitrogens is 2. The van der Waals surface area contributed by atoms with E-state index in [0.717, 1.165) is 22.6 Å². The summed E-state index contributed by atoms with van der Waals surface area (Å²) in [7, 11) is 1.63. The van der Waals surface area contributed by atoms with E-state index >= 15 is 0 Å². The lowest BCUT2D eigenvalue weighted by Gasteiger charge is -2.10. The Balaban J connectivity index is 2.31. The van der Waals surface area contributed by atoms with Gasteiger partial charge in [0.15, 0.2) is 0 Å². The van der Waals surface area contributed by atoms with Crippen LogP contribution < -0.4 is 4.74 Å². The fourth-order valence-corrected chi connectivity index (χ4v) is 1.95. The van der Waals surface area contributed by atoms with Gasteiger partial charge in [0.1, 0.15) is 5.75 Å². The molecule has 0 amide bonds. The first-order chi connectivity index (χ1) is 9.74. The van der Waals surface area contributed by atoms with E-state index in [0.29, 0.717) is 13.2 Å². The molecule has 0 fully saturated rings. The summed E-state index contributed by atoms with van der Waals surface area (Å²) < 4.78 is 10.8. The van der Waals surface area contributed by atoms with Crippen LogP contribution in [0.15, 0.2) is 43.1 Å². The minimum atomic E-state index is 0.225. The van der Waals surface area contributed by atoms with Crippen molar-refractivity contribution in [2.24, 2.45) is 0 Å². The standard InChI is InChI=1S/C15H15ClN2O2/c1-3-8-20-10-12-9-11(4-5-14(12)19-2)13-6-7-17-15(16)18-13/h3-7,9H,1,8,10H2,2H3. The maximum Gasteiger partial charge on any atom is 0.222 e. The lowest BCUT2D eigenvalue weighted by Crippen LogP contribution is -1.97. The van der Waals surface area contributed by atoms with E-state index in [1.54, 1.807) is 19.4 Å². The third-order valence-corrected chi connectivity index (χ3v) is 2.88. The van der Waals surface area contributed by atoms with E-state index < -0.39 is 0 Å². The van der Waals surface area contributed by atoms with E-state index in [1.165, 1.54) is 0 Å². The molecule has 0 saturated heterocycles. The summed E-state index contributed by atoms with van der Waals surface area (Å²) >= 11 is 5.81. The maximum absolute atomic E-state index is 5.81. The minimum Gasteiger partial charge on any atom is -0.496 e. The summed E-state index contributed by atoms with van der Waals surface area (Å²) in [5.41, 5.74) is 2.64. The average Bonchev–Trinajstić information content (AvgIpc) is 2.47. The molecule has 1 aromatic heterocycles. The smallest absolute Gasteiger partial charge is 0.222 e. The first-order valence-corrected chi connectivity index (χ1v) is 6.47. The summed E-state index contributed by atoms with van der Waals surface area (Å²) in [5.74, 6) is 0.776. The Kier molecular flexibility index (Phi) is 5.09. The number of nitrogens with zero attached hydrogens (tertiary/aromatic N) is 2. The van der Waals surface area contributed by atoms with E-state index in [-0.39, 0.29) is 5.28 Å². The van der Waals surface area contributed by atoms with Crippen molar-refractivity contribution in [3.63, 3.8) is 0 Å². The van der Waals surface area contributed by atoms with Gasteiger partial charge in [-0.05, 0) is 35.9 Å². The molecule has 2 rings (SSSR count). The summed E-state index contributed by atoms with van der Waals surface area (Å²) in [4.78, 5) is 8.07. The molecule has 0 aliphatic rings. The third-order valence-electron chi connectivity index (χ3n) is 2.70. The molecule has 0 N–H and O–H groups in total. The number of hydrogen-bond acceptors (Lipinski definition) is 4. The molecule has 20 heavy (non-hydrogen) atoms. The second kappa shape index (κ2) is 7.03. The molecule has 0 atom stereocenters. The Morgan fingerprint density at radius 3 is 2.90 bits per heavy atom. The van der Waals surface area contributed by atoms with Crippen LogP contribution in [0.1, 0.15) is 5.56 Å². The van der Waals surface area contributed by atoms with E-state index in [1.807, 2.05) is 24.3 Å². The Morgan fingerprint density at radius 2 is 2.20 bits per heavy atom. The lowest BCUT2D eigenvalue weighted by molar-refractivity contribution is 0.146. The molecule has 0 radical (unpaired) electrons. The van der Waals surface area contributed by atoms with Crippen LogP contribution in [0.25, 0.3) is 11.3 Å². The van der Waals surface area contributed by atoms with Crippen molar-refractivity contribution in [2.75, 3.05) is 13.7 Å². The largest absolute Gasteiger partial charge is 0.496 e. The molecule has 1 aromatic carbocycles. The molecule has 0 aliphatic carbocycles. The van der Waals surface area contributed by atoms with E-state index in [4.69, 9.17) is 21.1 Å². The van der Waals surface area contributed by atoms with Crippen LogP contribution in [-0.2, 0) is 11.3 Å². The summed E-state index contributed by atoms with van der Waals surface area (Å²) in [6, 6.07) is 7.59. The van der Waals surface area contributed by atoms with Gasteiger partial charge in [0, 0.05) is 17.3 Å². The first-order valence-electron chi connectivity index (χ1n) is 6.09. The van der Waals surface area contributed by atoms with Gasteiger partial charge in [-0.15, -0.1) is 6.58 Å². The zero-order valence-electron chi connectivity index (χ0n) is 11.2. The zero-order chi connectivity index (χ0) is 14.4. The molecule has 1 heterocycles. The van der Waals surface area contributed by atoms with E-state index in [9.17, 15) is 0 Å². The second-order valence-electron chi connectivity index (χ2n) is 4.04.